The number of benzene rings is 4. The first-order valence-corrected chi connectivity index (χ1v) is 36.0. The van der Waals surface area contributed by atoms with Crippen molar-refractivity contribution >= 4 is 52.7 Å². The van der Waals surface area contributed by atoms with Crippen molar-refractivity contribution in [2.75, 3.05) is 12.3 Å². The Labute approximate surface area is 439 Å². The Balaban J connectivity index is 0.000000172. The van der Waals surface area contributed by atoms with Crippen LogP contribution in [0.3, 0.4) is 0 Å². The van der Waals surface area contributed by atoms with Crippen LogP contribution in [0.5, 0.6) is 0 Å². The Morgan fingerprint density at radius 3 is 1.00 bits per heavy atom. The molecule has 358 valence electrons. The molecule has 6 heteroatoms. The molecule has 2 aliphatic heterocycles. The van der Waals surface area contributed by atoms with E-state index in [0.29, 0.717) is 0 Å². The van der Waals surface area contributed by atoms with Gasteiger partial charge in [0.2, 0.25) is 0 Å². The summed E-state index contributed by atoms with van der Waals surface area (Å²) in [5.41, 5.74) is 11.9. The van der Waals surface area contributed by atoms with E-state index in [1.54, 1.807) is 154 Å². The molecular weight excluding hydrogens is 1230 g/mol. The molecule has 2 heterocycles. The van der Waals surface area contributed by atoms with Crippen LogP contribution in [0.15, 0.2) is 84.9 Å². The Morgan fingerprint density at radius 1 is 0.409 bits per heavy atom. The smallest absolute Gasteiger partial charge is 0.366 e. The van der Waals surface area contributed by atoms with Gasteiger partial charge < -0.3 is 12.8 Å². The third kappa shape index (κ3) is 12.6. The van der Waals surface area contributed by atoms with E-state index >= 15 is 0 Å². The zero-order chi connectivity index (χ0) is 44.5. The van der Waals surface area contributed by atoms with Crippen molar-refractivity contribution < 1.29 is 44.8 Å². The van der Waals surface area contributed by atoms with Gasteiger partial charge in [0.15, 0.2) is 0 Å². The molecule has 0 radical (unpaired) electrons. The second-order valence-corrected chi connectivity index (χ2v) is 37.0. The minimum atomic E-state index is -1.51. The van der Waals surface area contributed by atoms with Crippen LogP contribution in [0.2, 0.25) is 26.2 Å². The topological polar surface area (TPSA) is 0 Å². The third-order valence-corrected chi connectivity index (χ3v) is 32.7. The zero-order valence-electron chi connectivity index (χ0n) is 41.0. The van der Waals surface area contributed by atoms with Crippen LogP contribution >= 0.6 is 15.8 Å². The third-order valence-electron chi connectivity index (χ3n) is 17.2. The first-order chi connectivity index (χ1) is 31.2. The molecule has 0 spiro atoms. The van der Waals surface area contributed by atoms with Gasteiger partial charge in [-0.05, 0) is 159 Å². The molecule has 0 bridgehead atoms. The number of hydrogen-bond donors (Lipinski definition) is 0. The van der Waals surface area contributed by atoms with E-state index < -0.39 is 16.1 Å². The Bertz CT molecular complexity index is 2050. The van der Waals surface area contributed by atoms with E-state index in [0.717, 1.165) is 11.1 Å². The van der Waals surface area contributed by atoms with Crippen LogP contribution in [0.4, 0.5) is 0 Å². The molecule has 0 N–H and O–H groups in total. The monoisotopic (exact) mass is 1310 g/mol. The van der Waals surface area contributed by atoms with Crippen molar-refractivity contribution in [1.29, 1.82) is 0 Å². The SMILES string of the molecule is C1CCC([PH+](CCCC[PH+](C2CCCCC2)C2CCCCC2)C2CCCCC2)CC1.[Au+].[Au+].[C-]#Cc1ccc2c(c1)-c1ccccc1[Si]2(C)C.[C-]#Cc1ccc2c(c1)-c1ccccc1[Si]2(C)C. The van der Waals surface area contributed by atoms with Gasteiger partial charge >= 0.3 is 44.8 Å². The van der Waals surface area contributed by atoms with Crippen molar-refractivity contribution in [2.45, 2.75) is 190 Å². The summed E-state index contributed by atoms with van der Waals surface area (Å²) in [4.78, 5) is 0. The molecule has 6 aliphatic rings. The molecule has 0 amide bonds. The van der Waals surface area contributed by atoms with Crippen molar-refractivity contribution in [2.24, 2.45) is 0 Å². The Hall–Kier alpha value is -1.23. The van der Waals surface area contributed by atoms with Gasteiger partial charge in [0, 0.05) is 15.8 Å². The maximum Gasteiger partial charge on any atom is 1.00 e. The van der Waals surface area contributed by atoms with Gasteiger partial charge in [-0.25, -0.2) is 0 Å². The first kappa shape index (κ1) is 54.1. The summed E-state index contributed by atoms with van der Waals surface area (Å²) in [6, 6.07) is 30.0. The Kier molecular flexibility index (Phi) is 21.1. The minimum Gasteiger partial charge on any atom is -0.366 e. The molecule has 66 heavy (non-hydrogen) atoms. The fourth-order valence-electron chi connectivity index (χ4n) is 13.6. The molecular formula is C60H80Au2P2Si2+2. The second-order valence-electron chi connectivity index (χ2n) is 21.8. The van der Waals surface area contributed by atoms with E-state index in [9.17, 15) is 0 Å². The zero-order valence-corrected chi connectivity index (χ0v) is 49.3. The Morgan fingerprint density at radius 2 is 0.697 bits per heavy atom. The first-order valence-electron chi connectivity index (χ1n) is 26.3. The molecule has 0 atom stereocenters. The van der Waals surface area contributed by atoms with Crippen molar-refractivity contribution in [1.82, 2.24) is 0 Å². The van der Waals surface area contributed by atoms with E-state index in [2.05, 4.69) is 111 Å². The van der Waals surface area contributed by atoms with Crippen molar-refractivity contribution in [3.63, 3.8) is 0 Å². The molecule has 0 nitrogen and oxygen atoms in total. The fourth-order valence-corrected chi connectivity index (χ4v) is 28.7. The summed E-state index contributed by atoms with van der Waals surface area (Å²) in [6.45, 7) is 9.58. The van der Waals surface area contributed by atoms with Gasteiger partial charge in [-0.15, -0.1) is 35.4 Å². The molecule has 4 fully saturated rings. The van der Waals surface area contributed by atoms with Crippen LogP contribution in [0.1, 0.15) is 152 Å². The van der Waals surface area contributed by atoms with Gasteiger partial charge in [-0.1, -0.05) is 113 Å². The summed E-state index contributed by atoms with van der Waals surface area (Å²) in [5.74, 6) is 4.96. The summed E-state index contributed by atoms with van der Waals surface area (Å²) in [7, 11) is -3.17. The number of hydrogen-bond acceptors (Lipinski definition) is 0. The van der Waals surface area contributed by atoms with Crippen LogP contribution in [-0.4, -0.2) is 51.1 Å². The maximum atomic E-state index is 7.25. The van der Waals surface area contributed by atoms with E-state index in [-0.39, 0.29) is 60.6 Å². The molecule has 4 saturated carbocycles. The standard InChI is InChI=1S/C28H52P2.2C16H13Si.2Au/c1-5-15-25(16-6-1)29(26-17-7-2-8-18-26)23-13-14-24-30(27-19-9-3-10-20-27)28-21-11-4-12-22-28;2*1-4-12-9-10-16-14(11-12)13-7-5-6-8-15(13)17(16,2)3;;/h25-28H,1-24H2;2*5-11H,2-3H3;;/q;2*-1;2*+1/p+2. The normalized spacial score (nSPS) is 19.8. The van der Waals surface area contributed by atoms with Crippen LogP contribution in [-0.2, 0) is 44.8 Å². The maximum absolute atomic E-state index is 7.25. The number of rotatable bonds is 9. The summed E-state index contributed by atoms with van der Waals surface area (Å²) in [6.07, 6.45) is 53.0. The number of fused-ring (bicyclic) bond motifs is 6. The van der Waals surface area contributed by atoms with Gasteiger partial charge in [0.05, 0.1) is 35.0 Å². The van der Waals surface area contributed by atoms with E-state index in [1.165, 1.54) is 65.6 Å². The molecule has 0 saturated heterocycles. The summed E-state index contributed by atoms with van der Waals surface area (Å²) < 4.78 is 0. The van der Waals surface area contributed by atoms with Crippen LogP contribution < -0.4 is 20.7 Å². The molecule has 4 aliphatic carbocycles. The molecule has 10 rings (SSSR count). The van der Waals surface area contributed by atoms with Gasteiger partial charge in [-0.2, -0.15) is 0 Å². The predicted molar refractivity (Wildman–Crippen MR) is 293 cm³/mol. The quantitative estimate of drug-likeness (QED) is 0.0515. The van der Waals surface area contributed by atoms with Gasteiger partial charge in [-0.3, -0.25) is 11.8 Å². The largest absolute Gasteiger partial charge is 1.00 e. The average molecular weight is 1310 g/mol. The predicted octanol–water partition coefficient (Wildman–Crippen LogP) is 14.4. The fraction of sp³-hybridized carbons (Fsp3) is 0.533. The summed E-state index contributed by atoms with van der Waals surface area (Å²) in [5, 5.41) is 5.99. The molecule has 4 aromatic rings. The molecule has 4 aromatic carbocycles. The van der Waals surface area contributed by atoms with Crippen molar-refractivity contribution in [3.8, 4) is 34.1 Å². The van der Waals surface area contributed by atoms with Crippen LogP contribution in [0, 0.1) is 24.7 Å². The molecule has 0 aromatic heterocycles. The van der Waals surface area contributed by atoms with E-state index in [4.69, 9.17) is 12.8 Å². The van der Waals surface area contributed by atoms with Crippen LogP contribution in [0.25, 0.3) is 22.3 Å². The summed E-state index contributed by atoms with van der Waals surface area (Å²) >= 11 is 0. The van der Waals surface area contributed by atoms with E-state index in [1.807, 2.05) is 12.1 Å². The number of unbranched alkanes of at least 4 members (excludes halogenated alkanes) is 1. The van der Waals surface area contributed by atoms with Gasteiger partial charge in [0.25, 0.3) is 0 Å². The minimum absolute atomic E-state index is 0. The average Bonchev–Trinajstić information content (AvgIpc) is 3.72. The van der Waals surface area contributed by atoms with Gasteiger partial charge in [0.1, 0.15) is 16.1 Å². The van der Waals surface area contributed by atoms with Crippen molar-refractivity contribution in [3.05, 3.63) is 109 Å². The second kappa shape index (κ2) is 25.8. The molecule has 0 unspecified atom stereocenters.